The number of benzene rings is 1. The lowest BCUT2D eigenvalue weighted by Gasteiger charge is -2.28. The van der Waals surface area contributed by atoms with Crippen molar-refractivity contribution in [2.75, 3.05) is 13.1 Å². The van der Waals surface area contributed by atoms with Crippen LogP contribution in [0.5, 0.6) is 0 Å². The first-order chi connectivity index (χ1) is 8.00. The number of nitrogens with one attached hydrogen (secondary N) is 1. The molecule has 1 saturated heterocycles. The third-order valence-corrected chi connectivity index (χ3v) is 3.25. The van der Waals surface area contributed by atoms with Gasteiger partial charge in [0, 0.05) is 25.0 Å². The molecule has 0 saturated carbocycles. The molecule has 3 N–H and O–H groups in total. The average molecular weight is 244 g/mol. The summed E-state index contributed by atoms with van der Waals surface area (Å²) in [5.41, 5.74) is 6.05. The van der Waals surface area contributed by atoms with Crippen LogP contribution in [0.15, 0.2) is 30.3 Å². The van der Waals surface area contributed by atoms with Crippen LogP contribution in [0.3, 0.4) is 0 Å². The zero-order chi connectivity index (χ0) is 12.5. The highest BCUT2D eigenvalue weighted by Crippen LogP contribution is 2.42. The average Bonchev–Trinajstić information content (AvgIpc) is 2.65. The molecule has 1 heterocycles. The Bertz CT molecular complexity index is 364. The van der Waals surface area contributed by atoms with Crippen molar-refractivity contribution < 1.29 is 13.2 Å². The molecule has 1 unspecified atom stereocenters. The number of hydrogen-bond donors (Lipinski definition) is 2. The van der Waals surface area contributed by atoms with E-state index >= 15 is 0 Å². The van der Waals surface area contributed by atoms with Crippen LogP contribution < -0.4 is 11.1 Å². The topological polar surface area (TPSA) is 38.0 Å². The number of alkyl halides is 3. The second-order valence-electron chi connectivity index (χ2n) is 4.42. The molecule has 1 aliphatic heterocycles. The van der Waals surface area contributed by atoms with Crippen molar-refractivity contribution in [2.24, 2.45) is 11.7 Å². The van der Waals surface area contributed by atoms with Gasteiger partial charge >= 0.3 is 6.18 Å². The first kappa shape index (κ1) is 12.4. The Morgan fingerprint density at radius 2 is 1.82 bits per heavy atom. The molecule has 2 nitrogen and oxygen atoms in total. The minimum atomic E-state index is -4.25. The zero-order valence-corrected chi connectivity index (χ0v) is 9.24. The molecule has 1 fully saturated rings. The van der Waals surface area contributed by atoms with Crippen LogP contribution in [0, 0.1) is 5.92 Å². The van der Waals surface area contributed by atoms with Crippen LogP contribution >= 0.6 is 0 Å². The lowest BCUT2D eigenvalue weighted by atomic mass is 9.83. The van der Waals surface area contributed by atoms with E-state index in [1.54, 1.807) is 18.2 Å². The van der Waals surface area contributed by atoms with Crippen LogP contribution in [0.4, 0.5) is 13.2 Å². The maximum atomic E-state index is 13.1. The third kappa shape index (κ3) is 2.61. The smallest absolute Gasteiger partial charge is 0.326 e. The molecule has 1 aromatic rings. The number of hydrogen-bond acceptors (Lipinski definition) is 2. The van der Waals surface area contributed by atoms with E-state index in [1.807, 2.05) is 0 Å². The van der Waals surface area contributed by atoms with Gasteiger partial charge in [-0.15, -0.1) is 0 Å². The largest absolute Gasteiger partial charge is 0.396 e. The Balaban J connectivity index is 2.32. The van der Waals surface area contributed by atoms with E-state index in [9.17, 15) is 13.2 Å². The van der Waals surface area contributed by atoms with Gasteiger partial charge < -0.3 is 11.1 Å². The number of nitrogens with two attached hydrogens (primary N) is 1. The lowest BCUT2D eigenvalue weighted by Crippen LogP contribution is -2.39. The maximum Gasteiger partial charge on any atom is 0.396 e. The molecular weight excluding hydrogens is 229 g/mol. The van der Waals surface area contributed by atoms with Crippen LogP contribution in [-0.4, -0.2) is 25.3 Å². The Hall–Kier alpha value is -1.07. The van der Waals surface area contributed by atoms with Crippen LogP contribution in [-0.2, 0) is 0 Å². The van der Waals surface area contributed by atoms with Crippen LogP contribution in [0.2, 0.25) is 0 Å². The number of halogens is 3. The standard InChI is InChI=1S/C12H15F3N2/c13-12(14,15)11(8-4-2-1-3-5-8)9-6-17-7-10(9)16/h1-5,9-11,17H,6-7,16H2/t9-,10-,11?/m0/s1. The van der Waals surface area contributed by atoms with Crippen molar-refractivity contribution in [3.8, 4) is 0 Å². The monoisotopic (exact) mass is 244 g/mol. The van der Waals surface area contributed by atoms with Crippen molar-refractivity contribution >= 4 is 0 Å². The van der Waals surface area contributed by atoms with Crippen molar-refractivity contribution in [1.82, 2.24) is 5.32 Å². The second kappa shape index (κ2) is 4.66. The van der Waals surface area contributed by atoms with Crippen LogP contribution in [0.25, 0.3) is 0 Å². The molecule has 1 aliphatic rings. The molecule has 0 amide bonds. The van der Waals surface area contributed by atoms with Gasteiger partial charge in [0.25, 0.3) is 0 Å². The first-order valence-electron chi connectivity index (χ1n) is 5.58. The summed E-state index contributed by atoms with van der Waals surface area (Å²) in [6.07, 6.45) is -4.25. The molecule has 94 valence electrons. The lowest BCUT2D eigenvalue weighted by molar-refractivity contribution is -0.161. The van der Waals surface area contributed by atoms with Gasteiger partial charge in [-0.25, -0.2) is 0 Å². The molecule has 0 bridgehead atoms. The second-order valence-corrected chi connectivity index (χ2v) is 4.42. The van der Waals surface area contributed by atoms with Gasteiger partial charge in [-0.2, -0.15) is 13.2 Å². The summed E-state index contributed by atoms with van der Waals surface area (Å²) in [6.45, 7) is 0.768. The van der Waals surface area contributed by atoms with Crippen molar-refractivity contribution in [2.45, 2.75) is 18.1 Å². The van der Waals surface area contributed by atoms with E-state index < -0.39 is 24.1 Å². The Morgan fingerprint density at radius 1 is 1.18 bits per heavy atom. The summed E-state index contributed by atoms with van der Waals surface area (Å²) in [5.74, 6) is -2.06. The molecule has 2 rings (SSSR count). The van der Waals surface area contributed by atoms with Gasteiger partial charge in [0.15, 0.2) is 0 Å². The van der Waals surface area contributed by atoms with E-state index in [0.717, 1.165) is 0 Å². The quantitative estimate of drug-likeness (QED) is 0.833. The molecule has 0 aromatic heterocycles. The van der Waals surface area contributed by atoms with Crippen LogP contribution in [0.1, 0.15) is 11.5 Å². The fraction of sp³-hybridized carbons (Fsp3) is 0.500. The highest BCUT2D eigenvalue weighted by Gasteiger charge is 2.48. The summed E-state index contributed by atoms with van der Waals surface area (Å²) in [5, 5.41) is 2.92. The minimum absolute atomic E-state index is 0.296. The minimum Gasteiger partial charge on any atom is -0.326 e. The van der Waals surface area contributed by atoms with Gasteiger partial charge in [0.1, 0.15) is 0 Å². The van der Waals surface area contributed by atoms with E-state index in [4.69, 9.17) is 5.73 Å². The first-order valence-corrected chi connectivity index (χ1v) is 5.58. The predicted molar refractivity (Wildman–Crippen MR) is 59.6 cm³/mol. The summed E-state index contributed by atoms with van der Waals surface area (Å²) >= 11 is 0. The summed E-state index contributed by atoms with van der Waals surface area (Å²) in [4.78, 5) is 0. The van der Waals surface area contributed by atoms with E-state index in [1.165, 1.54) is 12.1 Å². The van der Waals surface area contributed by atoms with Crippen molar-refractivity contribution in [3.05, 3.63) is 35.9 Å². The van der Waals surface area contributed by atoms with Gasteiger partial charge in [-0.3, -0.25) is 0 Å². The molecule has 0 spiro atoms. The summed E-state index contributed by atoms with van der Waals surface area (Å²) < 4.78 is 39.4. The Labute approximate surface area is 98.0 Å². The molecule has 5 heteroatoms. The number of rotatable bonds is 2. The van der Waals surface area contributed by atoms with Gasteiger partial charge in [0.2, 0.25) is 0 Å². The van der Waals surface area contributed by atoms with E-state index in [2.05, 4.69) is 5.32 Å². The maximum absolute atomic E-state index is 13.1. The molecule has 3 atom stereocenters. The highest BCUT2D eigenvalue weighted by atomic mass is 19.4. The summed E-state index contributed by atoms with van der Waals surface area (Å²) in [7, 11) is 0. The summed E-state index contributed by atoms with van der Waals surface area (Å²) in [6, 6.07) is 7.56. The predicted octanol–water partition coefficient (Wildman–Crippen LogP) is 1.88. The van der Waals surface area contributed by atoms with Gasteiger partial charge in [-0.05, 0) is 5.56 Å². The molecule has 0 radical (unpaired) electrons. The third-order valence-electron chi connectivity index (χ3n) is 3.25. The van der Waals surface area contributed by atoms with Crippen molar-refractivity contribution in [1.29, 1.82) is 0 Å². The normalized spacial score (nSPS) is 27.1. The highest BCUT2D eigenvalue weighted by molar-refractivity contribution is 5.23. The molecule has 0 aliphatic carbocycles. The van der Waals surface area contributed by atoms with Crippen molar-refractivity contribution in [3.63, 3.8) is 0 Å². The molecule has 17 heavy (non-hydrogen) atoms. The van der Waals surface area contributed by atoms with Gasteiger partial charge in [0.05, 0.1) is 5.92 Å². The van der Waals surface area contributed by atoms with Gasteiger partial charge in [-0.1, -0.05) is 30.3 Å². The fourth-order valence-electron chi connectivity index (χ4n) is 2.42. The Kier molecular flexibility index (Phi) is 3.40. The van der Waals surface area contributed by atoms with E-state index in [0.29, 0.717) is 18.7 Å². The Morgan fingerprint density at radius 3 is 2.29 bits per heavy atom. The fourth-order valence-corrected chi connectivity index (χ4v) is 2.42. The zero-order valence-electron chi connectivity index (χ0n) is 9.24. The molecule has 1 aromatic carbocycles. The molecular formula is C12H15F3N2. The SMILES string of the molecule is N[C@H]1CNC[C@@H]1C(c1ccccc1)C(F)(F)F. The van der Waals surface area contributed by atoms with E-state index in [-0.39, 0.29) is 0 Å².